The molecule has 0 aliphatic heterocycles. The summed E-state index contributed by atoms with van der Waals surface area (Å²) in [5, 5.41) is 12.5. The topological polar surface area (TPSA) is 88.4 Å². The molecular formula is C18H19FN4O3S. The van der Waals surface area contributed by atoms with E-state index in [-0.39, 0.29) is 24.6 Å². The molecule has 142 valence electrons. The molecule has 0 spiro atoms. The first kappa shape index (κ1) is 19.2. The second kappa shape index (κ2) is 8.38. The molecule has 0 saturated heterocycles. The Morgan fingerprint density at radius 1 is 1.41 bits per heavy atom. The molecule has 0 bridgehead atoms. The third-order valence-electron chi connectivity index (χ3n) is 4.01. The zero-order chi connectivity index (χ0) is 19.4. The van der Waals surface area contributed by atoms with E-state index in [9.17, 15) is 9.18 Å². The van der Waals surface area contributed by atoms with Crippen molar-refractivity contribution in [1.82, 2.24) is 15.0 Å². The zero-order valence-corrected chi connectivity index (χ0v) is 15.6. The van der Waals surface area contributed by atoms with Crippen molar-refractivity contribution in [3.63, 3.8) is 0 Å². The van der Waals surface area contributed by atoms with Crippen molar-refractivity contribution in [3.05, 3.63) is 48.2 Å². The Labute approximate surface area is 159 Å². The van der Waals surface area contributed by atoms with Gasteiger partial charge >= 0.3 is 0 Å². The number of halogens is 1. The van der Waals surface area contributed by atoms with Crippen LogP contribution in [0.3, 0.4) is 0 Å². The standard InChI is InChI=1S/C18H19FN4O3S/c1-23-15-5-6-20-10-12(15)16(17(23)18(25)22-26-8-7-24)21-14-4-3-11(27-2)9-13(14)19/h3-6,9-10,21,24H,7-8H2,1-2H3,(H,22,25). The van der Waals surface area contributed by atoms with E-state index in [0.29, 0.717) is 11.1 Å². The summed E-state index contributed by atoms with van der Waals surface area (Å²) in [5.74, 6) is -0.948. The lowest BCUT2D eigenvalue weighted by atomic mass is 10.2. The Kier molecular flexibility index (Phi) is 5.94. The molecule has 7 nitrogen and oxygen atoms in total. The summed E-state index contributed by atoms with van der Waals surface area (Å²) in [4.78, 5) is 22.4. The van der Waals surface area contributed by atoms with Crippen molar-refractivity contribution in [1.29, 1.82) is 0 Å². The molecule has 1 aromatic carbocycles. The lowest BCUT2D eigenvalue weighted by Gasteiger charge is -2.12. The van der Waals surface area contributed by atoms with Gasteiger partial charge in [-0.05, 0) is 30.5 Å². The van der Waals surface area contributed by atoms with Crippen molar-refractivity contribution in [2.24, 2.45) is 7.05 Å². The van der Waals surface area contributed by atoms with Crippen molar-refractivity contribution in [2.45, 2.75) is 4.90 Å². The third-order valence-corrected chi connectivity index (χ3v) is 4.74. The number of carbonyl (C=O) groups is 1. The summed E-state index contributed by atoms with van der Waals surface area (Å²) in [6, 6.07) is 6.61. The number of aryl methyl sites for hydroxylation is 1. The van der Waals surface area contributed by atoms with E-state index in [4.69, 9.17) is 9.94 Å². The quantitative estimate of drug-likeness (QED) is 0.327. The van der Waals surface area contributed by atoms with Crippen LogP contribution in [0.2, 0.25) is 0 Å². The number of hydrogen-bond acceptors (Lipinski definition) is 6. The highest BCUT2D eigenvalue weighted by Crippen LogP contribution is 2.33. The molecule has 0 saturated carbocycles. The normalized spacial score (nSPS) is 11.0. The van der Waals surface area contributed by atoms with Gasteiger partial charge in [0.25, 0.3) is 5.91 Å². The predicted octanol–water partition coefficient (Wildman–Crippen LogP) is 2.83. The number of aliphatic hydroxyl groups excluding tert-OH is 1. The summed E-state index contributed by atoms with van der Waals surface area (Å²) in [6.45, 7) is -0.262. The number of nitrogens with one attached hydrogen (secondary N) is 2. The molecule has 0 aliphatic rings. The van der Waals surface area contributed by atoms with Gasteiger partial charge in [0.2, 0.25) is 0 Å². The molecule has 0 unspecified atom stereocenters. The van der Waals surface area contributed by atoms with Crippen LogP contribution >= 0.6 is 11.8 Å². The van der Waals surface area contributed by atoms with Crippen LogP contribution in [0.4, 0.5) is 15.8 Å². The SMILES string of the molecule is CSc1ccc(Nc2c(C(=O)NOCCO)n(C)c3ccncc23)c(F)c1. The summed E-state index contributed by atoms with van der Waals surface area (Å²) < 4.78 is 16.1. The van der Waals surface area contributed by atoms with E-state index in [1.165, 1.54) is 17.8 Å². The van der Waals surface area contributed by atoms with Gasteiger partial charge in [0, 0.05) is 29.7 Å². The van der Waals surface area contributed by atoms with Gasteiger partial charge in [-0.1, -0.05) is 0 Å². The molecule has 9 heteroatoms. The van der Waals surface area contributed by atoms with Crippen LogP contribution in [0.25, 0.3) is 10.9 Å². The fourth-order valence-electron chi connectivity index (χ4n) is 2.75. The highest BCUT2D eigenvalue weighted by Gasteiger charge is 2.22. The maximum Gasteiger partial charge on any atom is 0.293 e. The maximum absolute atomic E-state index is 14.5. The summed E-state index contributed by atoms with van der Waals surface area (Å²) in [7, 11) is 1.72. The van der Waals surface area contributed by atoms with Crippen molar-refractivity contribution in [3.8, 4) is 0 Å². The van der Waals surface area contributed by atoms with Crippen LogP contribution in [0.5, 0.6) is 0 Å². The minimum atomic E-state index is -0.522. The highest BCUT2D eigenvalue weighted by molar-refractivity contribution is 7.98. The van der Waals surface area contributed by atoms with Gasteiger partial charge in [0.05, 0.1) is 30.1 Å². The minimum absolute atomic E-state index is 0.0369. The number of hydroxylamine groups is 1. The third kappa shape index (κ3) is 3.90. The molecule has 0 atom stereocenters. The lowest BCUT2D eigenvalue weighted by Crippen LogP contribution is -2.27. The second-order valence-electron chi connectivity index (χ2n) is 5.65. The number of rotatable bonds is 7. The number of aliphatic hydroxyl groups is 1. The fraction of sp³-hybridized carbons (Fsp3) is 0.222. The molecule has 27 heavy (non-hydrogen) atoms. The summed E-state index contributed by atoms with van der Waals surface area (Å²) in [5.41, 5.74) is 3.95. The molecule has 2 aromatic heterocycles. The molecule has 3 N–H and O–H groups in total. The Morgan fingerprint density at radius 3 is 2.93 bits per heavy atom. The largest absolute Gasteiger partial charge is 0.394 e. The van der Waals surface area contributed by atoms with Crippen LogP contribution in [-0.4, -0.2) is 40.0 Å². The van der Waals surface area contributed by atoms with Crippen molar-refractivity contribution in [2.75, 3.05) is 24.8 Å². The Hall–Kier alpha value is -2.62. The van der Waals surface area contributed by atoms with Crippen LogP contribution in [0.1, 0.15) is 10.5 Å². The molecule has 2 heterocycles. The number of hydrogen-bond donors (Lipinski definition) is 3. The van der Waals surface area contributed by atoms with E-state index >= 15 is 0 Å². The Bertz CT molecular complexity index is 977. The molecule has 3 rings (SSSR count). The predicted molar refractivity (Wildman–Crippen MR) is 103 cm³/mol. The molecule has 3 aromatic rings. The maximum atomic E-state index is 14.5. The molecule has 0 fully saturated rings. The summed E-state index contributed by atoms with van der Waals surface area (Å²) >= 11 is 1.44. The van der Waals surface area contributed by atoms with Gasteiger partial charge in [0.1, 0.15) is 11.5 Å². The molecule has 0 radical (unpaired) electrons. The van der Waals surface area contributed by atoms with E-state index in [0.717, 1.165) is 10.4 Å². The monoisotopic (exact) mass is 390 g/mol. The average molecular weight is 390 g/mol. The van der Waals surface area contributed by atoms with E-state index in [1.54, 1.807) is 42.2 Å². The van der Waals surface area contributed by atoms with Crippen LogP contribution < -0.4 is 10.8 Å². The number of carbonyl (C=O) groups excluding carboxylic acids is 1. The molecular weight excluding hydrogens is 371 g/mol. The number of aromatic nitrogens is 2. The van der Waals surface area contributed by atoms with Crippen molar-refractivity contribution < 1.29 is 19.1 Å². The zero-order valence-electron chi connectivity index (χ0n) is 14.8. The van der Waals surface area contributed by atoms with Gasteiger partial charge < -0.3 is 15.0 Å². The highest BCUT2D eigenvalue weighted by atomic mass is 32.2. The number of amides is 1. The van der Waals surface area contributed by atoms with Crippen LogP contribution in [-0.2, 0) is 11.9 Å². The van der Waals surface area contributed by atoms with E-state index in [1.807, 2.05) is 6.26 Å². The minimum Gasteiger partial charge on any atom is -0.394 e. The fourth-order valence-corrected chi connectivity index (χ4v) is 3.18. The number of nitrogens with zero attached hydrogens (tertiary/aromatic N) is 2. The summed E-state index contributed by atoms with van der Waals surface area (Å²) in [6.07, 6.45) is 5.09. The van der Waals surface area contributed by atoms with Gasteiger partial charge in [-0.15, -0.1) is 11.8 Å². The Morgan fingerprint density at radius 2 is 2.22 bits per heavy atom. The first-order valence-corrected chi connectivity index (χ1v) is 9.35. The van der Waals surface area contributed by atoms with Crippen LogP contribution in [0, 0.1) is 5.82 Å². The smallest absolute Gasteiger partial charge is 0.293 e. The molecule has 0 aliphatic carbocycles. The first-order valence-electron chi connectivity index (χ1n) is 8.12. The first-order chi connectivity index (χ1) is 13.1. The van der Waals surface area contributed by atoms with Crippen molar-refractivity contribution >= 4 is 39.9 Å². The average Bonchev–Trinajstić information content (AvgIpc) is 2.96. The van der Waals surface area contributed by atoms with Gasteiger partial charge in [0.15, 0.2) is 0 Å². The molecule has 1 amide bonds. The van der Waals surface area contributed by atoms with E-state index in [2.05, 4.69) is 15.8 Å². The van der Waals surface area contributed by atoms with Gasteiger partial charge in [-0.3, -0.25) is 14.6 Å². The Balaban J connectivity index is 2.05. The number of benzene rings is 1. The van der Waals surface area contributed by atoms with Gasteiger partial charge in [-0.25, -0.2) is 9.87 Å². The second-order valence-corrected chi connectivity index (χ2v) is 6.53. The lowest BCUT2D eigenvalue weighted by molar-refractivity contribution is 0.0163. The van der Waals surface area contributed by atoms with Crippen LogP contribution in [0.15, 0.2) is 41.6 Å². The number of fused-ring (bicyclic) bond motifs is 1. The number of pyridine rings is 1. The van der Waals surface area contributed by atoms with E-state index < -0.39 is 11.7 Å². The number of anilines is 2. The number of thioether (sulfide) groups is 1. The van der Waals surface area contributed by atoms with Gasteiger partial charge in [-0.2, -0.15) is 0 Å².